The summed E-state index contributed by atoms with van der Waals surface area (Å²) >= 11 is 0. The minimum Gasteiger partial charge on any atom is -0.457 e. The Labute approximate surface area is 171 Å². The van der Waals surface area contributed by atoms with Crippen molar-refractivity contribution in [2.75, 3.05) is 20.1 Å². The normalized spacial score (nSPS) is 17.0. The Kier molecular flexibility index (Phi) is 4.48. The molecule has 1 aliphatic heterocycles. The highest BCUT2D eigenvalue weighted by molar-refractivity contribution is 5.88. The Balaban J connectivity index is 1.91. The van der Waals surface area contributed by atoms with Crippen LogP contribution in [-0.4, -0.2) is 47.8 Å². The predicted octanol–water partition coefficient (Wildman–Crippen LogP) is 3.83. The van der Waals surface area contributed by atoms with Gasteiger partial charge in [0.1, 0.15) is 24.7 Å². The topological polar surface area (TPSA) is 55.8 Å². The average molecular weight is 388 g/mol. The van der Waals surface area contributed by atoms with Gasteiger partial charge in [-0.15, -0.1) is 0 Å². The summed E-state index contributed by atoms with van der Waals surface area (Å²) in [4.78, 5) is 13.2. The van der Waals surface area contributed by atoms with E-state index in [9.17, 15) is 9.90 Å². The molecule has 0 radical (unpaired) electrons. The van der Waals surface area contributed by atoms with Crippen LogP contribution in [0.15, 0.2) is 48.5 Å². The van der Waals surface area contributed by atoms with Gasteiger partial charge in [-0.3, -0.25) is 0 Å². The molecule has 0 saturated heterocycles. The molecule has 0 amide bonds. The molecule has 5 heteroatoms. The first-order valence-corrected chi connectivity index (χ1v) is 9.60. The van der Waals surface area contributed by atoms with E-state index < -0.39 is 18.5 Å². The highest BCUT2D eigenvalue weighted by atomic mass is 16.6. The molecule has 28 heavy (non-hydrogen) atoms. The second-order valence-electron chi connectivity index (χ2n) is 7.78. The predicted molar refractivity (Wildman–Crippen MR) is 108 cm³/mol. The number of fused-ring (bicyclic) bond motifs is 2. The third-order valence-corrected chi connectivity index (χ3v) is 5.61. The van der Waals surface area contributed by atoms with Gasteiger partial charge >= 0.3 is 5.97 Å². The van der Waals surface area contributed by atoms with Gasteiger partial charge in [-0.1, -0.05) is 36.4 Å². The largest absolute Gasteiger partial charge is 0.457 e. The van der Waals surface area contributed by atoms with Crippen LogP contribution in [0, 0.1) is 0 Å². The van der Waals surface area contributed by atoms with Gasteiger partial charge < -0.3 is 19.1 Å². The molecule has 2 aromatic carbocycles. The van der Waals surface area contributed by atoms with Gasteiger partial charge in [-0.25, -0.2) is 4.79 Å². The number of quaternary nitrogens is 1. The molecule has 150 valence electrons. The van der Waals surface area contributed by atoms with Gasteiger partial charge in [0.05, 0.1) is 23.2 Å². The summed E-state index contributed by atoms with van der Waals surface area (Å²) in [5, 5.41) is 11.6. The van der Waals surface area contributed by atoms with Gasteiger partial charge in [0.2, 0.25) is 5.60 Å². The lowest BCUT2D eigenvalue weighted by molar-refractivity contribution is -0.949. The summed E-state index contributed by atoms with van der Waals surface area (Å²) in [6.07, 6.45) is 0. The number of carbonyl (C=O) groups is 1. The second-order valence-corrected chi connectivity index (χ2v) is 7.78. The van der Waals surface area contributed by atoms with Crippen molar-refractivity contribution in [2.24, 2.45) is 0 Å². The maximum atomic E-state index is 13.2. The third kappa shape index (κ3) is 3.29. The molecule has 0 atom stereocenters. The van der Waals surface area contributed by atoms with Crippen molar-refractivity contribution >= 4 is 5.97 Å². The number of aliphatic hydroxyl groups is 1. The average Bonchev–Trinajstić information content (AvgIpc) is 2.69. The molecule has 0 saturated carbocycles. The Bertz CT molecular complexity index is 902. The number of hydrogen-bond donors (Lipinski definition) is 1. The molecule has 3 rings (SSSR count). The summed E-state index contributed by atoms with van der Waals surface area (Å²) in [6, 6.07) is 13.1. The first-order valence-electron chi connectivity index (χ1n) is 11.1. The van der Waals surface area contributed by atoms with E-state index in [1.807, 2.05) is 27.7 Å². The number of carbonyl (C=O) groups excluding carboxylic acids is 1. The summed E-state index contributed by atoms with van der Waals surface area (Å²) in [7, 11) is 0. The van der Waals surface area contributed by atoms with Crippen LogP contribution in [0.25, 0.3) is 0 Å². The number of ether oxygens (including phenoxy) is 2. The highest BCUT2D eigenvalue weighted by Gasteiger charge is 2.48. The first-order chi connectivity index (χ1) is 14.5. The molecular formula is C23H30NO4+. The van der Waals surface area contributed by atoms with E-state index >= 15 is 0 Å². The van der Waals surface area contributed by atoms with Crippen LogP contribution in [0.1, 0.15) is 42.9 Å². The molecule has 5 nitrogen and oxygen atoms in total. The van der Waals surface area contributed by atoms with E-state index in [2.05, 4.69) is 0 Å². The zero-order valence-electron chi connectivity index (χ0n) is 19.8. The molecule has 1 N–H and O–H groups in total. The molecule has 1 heterocycles. The fourth-order valence-corrected chi connectivity index (χ4v) is 3.70. The third-order valence-electron chi connectivity index (χ3n) is 5.61. The van der Waals surface area contributed by atoms with Gasteiger partial charge in [-0.2, -0.15) is 0 Å². The highest BCUT2D eigenvalue weighted by Crippen LogP contribution is 2.47. The lowest BCUT2D eigenvalue weighted by atomic mass is 9.83. The minimum atomic E-state index is -2.27. The number of benzene rings is 2. The van der Waals surface area contributed by atoms with Crippen molar-refractivity contribution in [3.63, 3.8) is 0 Å². The van der Waals surface area contributed by atoms with E-state index in [1.165, 1.54) is 0 Å². The Morgan fingerprint density at radius 1 is 1.07 bits per heavy atom. The van der Waals surface area contributed by atoms with Crippen LogP contribution >= 0.6 is 0 Å². The molecule has 2 aromatic rings. The standard InChI is InChI=1S/C23H30NO4/c1-16(2)24(5,17(3)4)14-15-27-22(25)23(26)18-10-6-8-12-20(18)28-21-13-9-7-11-19(21)23/h6-13,16-17,26H,14-15H2,1-5H3/q+1/i5D3. The fourth-order valence-electron chi connectivity index (χ4n) is 3.70. The summed E-state index contributed by atoms with van der Waals surface area (Å²) < 4.78 is 35.5. The number of likely N-dealkylation sites (N-methyl/N-ethyl adjacent to an activating group) is 1. The van der Waals surface area contributed by atoms with Gasteiger partial charge in [0.25, 0.3) is 0 Å². The van der Waals surface area contributed by atoms with Crippen LogP contribution in [0.4, 0.5) is 0 Å². The van der Waals surface area contributed by atoms with Crippen molar-refractivity contribution in [3.05, 3.63) is 59.7 Å². The Morgan fingerprint density at radius 2 is 1.57 bits per heavy atom. The number of hydrogen-bond acceptors (Lipinski definition) is 4. The maximum absolute atomic E-state index is 13.2. The Morgan fingerprint density at radius 3 is 2.04 bits per heavy atom. The molecular weight excluding hydrogens is 354 g/mol. The van der Waals surface area contributed by atoms with E-state index in [0.717, 1.165) is 0 Å². The van der Waals surface area contributed by atoms with Crippen LogP contribution in [0.3, 0.4) is 0 Å². The lowest BCUT2D eigenvalue weighted by Gasteiger charge is -2.42. The molecule has 0 aliphatic carbocycles. The summed E-state index contributed by atoms with van der Waals surface area (Å²) in [5.41, 5.74) is -1.46. The molecule has 1 aliphatic rings. The molecule has 0 unspecified atom stereocenters. The van der Waals surface area contributed by atoms with Gasteiger partial charge in [-0.05, 0) is 39.8 Å². The number of nitrogens with zero attached hydrogens (tertiary/aromatic N) is 1. The first kappa shape index (κ1) is 16.6. The molecule has 0 spiro atoms. The zero-order valence-corrected chi connectivity index (χ0v) is 16.8. The maximum Gasteiger partial charge on any atom is 0.348 e. The van der Waals surface area contributed by atoms with Crippen molar-refractivity contribution in [1.29, 1.82) is 0 Å². The quantitative estimate of drug-likeness (QED) is 0.604. The van der Waals surface area contributed by atoms with Gasteiger partial charge in [0.15, 0.2) is 0 Å². The lowest BCUT2D eigenvalue weighted by Crippen LogP contribution is -2.56. The second kappa shape index (κ2) is 7.57. The smallest absolute Gasteiger partial charge is 0.348 e. The summed E-state index contributed by atoms with van der Waals surface area (Å²) in [5.74, 6) is -0.109. The van der Waals surface area contributed by atoms with E-state index in [1.54, 1.807) is 48.5 Å². The zero-order chi connectivity index (χ0) is 23.0. The van der Waals surface area contributed by atoms with E-state index in [0.29, 0.717) is 22.6 Å². The molecule has 0 fully saturated rings. The van der Waals surface area contributed by atoms with Crippen LogP contribution in [0.2, 0.25) is 0 Å². The fraction of sp³-hybridized carbons (Fsp3) is 0.435. The number of para-hydroxylation sites is 2. The molecule has 0 bridgehead atoms. The monoisotopic (exact) mass is 387 g/mol. The Hall–Kier alpha value is -2.37. The van der Waals surface area contributed by atoms with Gasteiger partial charge in [0, 0.05) is 11.1 Å². The van der Waals surface area contributed by atoms with Crippen molar-refractivity contribution in [1.82, 2.24) is 0 Å². The van der Waals surface area contributed by atoms with Crippen molar-refractivity contribution in [2.45, 2.75) is 45.4 Å². The molecule has 0 aromatic heterocycles. The minimum absolute atomic E-state index is 0.105. The van der Waals surface area contributed by atoms with Crippen molar-refractivity contribution in [3.8, 4) is 11.5 Å². The van der Waals surface area contributed by atoms with E-state index in [4.69, 9.17) is 13.6 Å². The van der Waals surface area contributed by atoms with Crippen LogP contribution < -0.4 is 4.74 Å². The number of esters is 1. The van der Waals surface area contributed by atoms with E-state index in [-0.39, 0.29) is 29.7 Å². The van der Waals surface area contributed by atoms with Crippen LogP contribution in [-0.2, 0) is 15.1 Å². The number of rotatable bonds is 6. The van der Waals surface area contributed by atoms with Crippen LogP contribution in [0.5, 0.6) is 11.5 Å². The van der Waals surface area contributed by atoms with Crippen molar-refractivity contribution < 1.29 is 28.0 Å². The SMILES string of the molecule is [2H]C([2H])([2H])[N+](CCOC(=O)C1(O)c2ccccc2Oc2ccccc21)(C(C)C)C(C)C. The summed E-state index contributed by atoms with van der Waals surface area (Å²) in [6.45, 7) is 5.11.